The number of benzene rings is 1. The smallest absolute Gasteiger partial charge is 0.405 e. The summed E-state index contributed by atoms with van der Waals surface area (Å²) >= 11 is 4.70. The third-order valence-electron chi connectivity index (χ3n) is 2.46. The first kappa shape index (κ1) is 15.3. The fourth-order valence-electron chi connectivity index (χ4n) is 1.61. The molecule has 0 aliphatic rings. The van der Waals surface area contributed by atoms with Gasteiger partial charge in [0.05, 0.1) is 4.47 Å². The normalized spacial score (nSPS) is 11.6. The van der Waals surface area contributed by atoms with E-state index in [0.29, 0.717) is 6.54 Å². The van der Waals surface area contributed by atoms with Crippen molar-refractivity contribution < 1.29 is 17.9 Å². The highest BCUT2D eigenvalue weighted by molar-refractivity contribution is 9.10. The predicted molar refractivity (Wildman–Crippen MR) is 75.7 cm³/mol. The fourth-order valence-corrected chi connectivity index (χ4v) is 2.78. The van der Waals surface area contributed by atoms with E-state index in [1.807, 2.05) is 16.8 Å². The van der Waals surface area contributed by atoms with Gasteiger partial charge in [0.2, 0.25) is 0 Å². The molecule has 0 aliphatic heterocycles. The molecule has 1 aromatic heterocycles. The lowest BCUT2D eigenvalue weighted by Crippen LogP contribution is -2.17. The van der Waals surface area contributed by atoms with E-state index in [-0.39, 0.29) is 10.2 Å². The average Bonchev–Trinajstić information content (AvgIpc) is 2.84. The molecule has 0 amide bonds. The lowest BCUT2D eigenvalue weighted by molar-refractivity contribution is -0.274. The molecule has 0 saturated carbocycles. The molecule has 7 heteroatoms. The van der Waals surface area contributed by atoms with Crippen molar-refractivity contribution in [3.8, 4) is 5.75 Å². The van der Waals surface area contributed by atoms with Crippen LogP contribution in [0.25, 0.3) is 0 Å². The van der Waals surface area contributed by atoms with Gasteiger partial charge in [0.15, 0.2) is 0 Å². The Labute approximate surface area is 126 Å². The Kier molecular flexibility index (Phi) is 5.06. The van der Waals surface area contributed by atoms with Crippen LogP contribution in [-0.2, 0) is 13.1 Å². The van der Waals surface area contributed by atoms with Crippen LogP contribution in [0.4, 0.5) is 13.2 Å². The Morgan fingerprint density at radius 1 is 1.15 bits per heavy atom. The number of halogens is 4. The monoisotopic (exact) mass is 365 g/mol. The van der Waals surface area contributed by atoms with Crippen molar-refractivity contribution in [3.05, 3.63) is 50.6 Å². The second kappa shape index (κ2) is 6.60. The molecule has 1 heterocycles. The first-order valence-electron chi connectivity index (χ1n) is 5.70. The van der Waals surface area contributed by atoms with E-state index in [2.05, 4.69) is 26.0 Å². The molecule has 2 aromatic rings. The molecule has 2 rings (SSSR count). The zero-order valence-corrected chi connectivity index (χ0v) is 12.6. The quantitative estimate of drug-likeness (QED) is 0.829. The maximum Gasteiger partial charge on any atom is 0.573 e. The first-order valence-corrected chi connectivity index (χ1v) is 7.43. The third-order valence-corrected chi connectivity index (χ3v) is 3.81. The number of ether oxygens (including phenoxy) is 1. The molecule has 1 aromatic carbocycles. The minimum absolute atomic E-state index is 0.237. The van der Waals surface area contributed by atoms with Crippen molar-refractivity contribution in [3.63, 3.8) is 0 Å². The Morgan fingerprint density at radius 3 is 2.50 bits per heavy atom. The van der Waals surface area contributed by atoms with Gasteiger partial charge in [-0.3, -0.25) is 0 Å². The molecule has 1 N–H and O–H groups in total. The van der Waals surface area contributed by atoms with Crippen molar-refractivity contribution in [2.75, 3.05) is 0 Å². The van der Waals surface area contributed by atoms with E-state index >= 15 is 0 Å². The molecule has 0 radical (unpaired) electrons. The molecule has 0 aliphatic carbocycles. The third kappa shape index (κ3) is 4.81. The summed E-state index contributed by atoms with van der Waals surface area (Å²) in [6, 6.07) is 6.54. The number of rotatable bonds is 5. The van der Waals surface area contributed by atoms with Crippen LogP contribution in [0.5, 0.6) is 5.75 Å². The van der Waals surface area contributed by atoms with E-state index in [4.69, 9.17) is 0 Å². The minimum Gasteiger partial charge on any atom is -0.405 e. The second-order valence-electron chi connectivity index (χ2n) is 4.05. The molecule has 0 spiro atoms. The number of alkyl halides is 3. The Bertz CT molecular complexity index is 557. The fraction of sp³-hybridized carbons (Fsp3) is 0.231. The summed E-state index contributed by atoms with van der Waals surface area (Å²) in [5, 5.41) is 7.26. The summed E-state index contributed by atoms with van der Waals surface area (Å²) in [4.78, 5) is 0. The highest BCUT2D eigenvalue weighted by Crippen LogP contribution is 2.31. The zero-order chi connectivity index (χ0) is 14.6. The van der Waals surface area contributed by atoms with Gasteiger partial charge in [-0.25, -0.2) is 0 Å². The summed E-state index contributed by atoms with van der Waals surface area (Å²) in [7, 11) is 0. The predicted octanol–water partition coefficient (Wildman–Crippen LogP) is 4.70. The molecule has 0 fully saturated rings. The minimum atomic E-state index is -4.68. The Balaban J connectivity index is 1.91. The summed E-state index contributed by atoms with van der Waals surface area (Å²) in [5.41, 5.74) is 2.06. The van der Waals surface area contributed by atoms with Gasteiger partial charge in [0, 0.05) is 13.1 Å². The zero-order valence-electron chi connectivity index (χ0n) is 10.2. The maximum absolute atomic E-state index is 12.1. The van der Waals surface area contributed by atoms with Crippen molar-refractivity contribution >= 4 is 27.3 Å². The van der Waals surface area contributed by atoms with E-state index in [9.17, 15) is 13.2 Å². The van der Waals surface area contributed by atoms with Gasteiger partial charge >= 0.3 is 6.36 Å². The molecule has 0 atom stereocenters. The van der Waals surface area contributed by atoms with Crippen LogP contribution in [0, 0.1) is 0 Å². The topological polar surface area (TPSA) is 21.3 Å². The average molecular weight is 366 g/mol. The van der Waals surface area contributed by atoms with E-state index < -0.39 is 6.36 Å². The lowest BCUT2D eigenvalue weighted by atomic mass is 10.2. The molecule has 2 nitrogen and oxygen atoms in total. The van der Waals surface area contributed by atoms with Crippen LogP contribution in [0.1, 0.15) is 11.1 Å². The number of thiophene rings is 1. The summed E-state index contributed by atoms with van der Waals surface area (Å²) in [6.07, 6.45) is -4.68. The molecule has 0 bridgehead atoms. The van der Waals surface area contributed by atoms with Gasteiger partial charge < -0.3 is 10.1 Å². The lowest BCUT2D eigenvalue weighted by Gasteiger charge is -2.11. The highest BCUT2D eigenvalue weighted by atomic mass is 79.9. The summed E-state index contributed by atoms with van der Waals surface area (Å²) < 4.78 is 40.5. The van der Waals surface area contributed by atoms with Crippen LogP contribution in [0.3, 0.4) is 0 Å². The standard InChI is InChI=1S/C13H11BrF3NOS/c14-11-5-9(1-2-12(11)19-13(15,16)17)6-18-7-10-3-4-20-8-10/h1-5,8,18H,6-7H2. The number of nitrogens with one attached hydrogen (secondary N) is 1. The van der Waals surface area contributed by atoms with E-state index in [1.54, 1.807) is 23.5 Å². The summed E-state index contributed by atoms with van der Waals surface area (Å²) in [5.74, 6) is -0.237. The SMILES string of the molecule is FC(F)(F)Oc1ccc(CNCc2ccsc2)cc1Br. The van der Waals surface area contributed by atoms with Crippen LogP contribution >= 0.6 is 27.3 Å². The van der Waals surface area contributed by atoms with Gasteiger partial charge in [-0.15, -0.1) is 13.2 Å². The van der Waals surface area contributed by atoms with E-state index in [1.165, 1.54) is 11.6 Å². The number of hydrogen-bond donors (Lipinski definition) is 1. The van der Waals surface area contributed by atoms with Crippen LogP contribution in [0.2, 0.25) is 0 Å². The van der Waals surface area contributed by atoms with Gasteiger partial charge in [-0.2, -0.15) is 11.3 Å². The van der Waals surface area contributed by atoms with Crippen LogP contribution < -0.4 is 10.1 Å². The largest absolute Gasteiger partial charge is 0.573 e. The first-order chi connectivity index (χ1) is 9.44. The molecule has 20 heavy (non-hydrogen) atoms. The number of hydrogen-bond acceptors (Lipinski definition) is 3. The molecule has 108 valence electrons. The Morgan fingerprint density at radius 2 is 1.90 bits per heavy atom. The molecular weight excluding hydrogens is 355 g/mol. The van der Waals surface area contributed by atoms with Gasteiger partial charge in [-0.05, 0) is 56.0 Å². The van der Waals surface area contributed by atoms with Crippen molar-refractivity contribution in [2.24, 2.45) is 0 Å². The molecule has 0 unspecified atom stereocenters. The van der Waals surface area contributed by atoms with E-state index in [0.717, 1.165) is 12.1 Å². The van der Waals surface area contributed by atoms with Crippen molar-refractivity contribution in [1.29, 1.82) is 0 Å². The maximum atomic E-state index is 12.1. The molecular formula is C13H11BrF3NOS. The van der Waals surface area contributed by atoms with Crippen LogP contribution in [-0.4, -0.2) is 6.36 Å². The Hall–Kier alpha value is -1.05. The van der Waals surface area contributed by atoms with Crippen LogP contribution in [0.15, 0.2) is 39.5 Å². The van der Waals surface area contributed by atoms with Gasteiger partial charge in [-0.1, -0.05) is 6.07 Å². The van der Waals surface area contributed by atoms with Crippen molar-refractivity contribution in [2.45, 2.75) is 19.5 Å². The van der Waals surface area contributed by atoms with Crippen molar-refractivity contribution in [1.82, 2.24) is 5.32 Å². The highest BCUT2D eigenvalue weighted by Gasteiger charge is 2.31. The van der Waals surface area contributed by atoms with Gasteiger partial charge in [0.25, 0.3) is 0 Å². The summed E-state index contributed by atoms with van der Waals surface area (Å²) in [6.45, 7) is 1.29. The second-order valence-corrected chi connectivity index (χ2v) is 5.68. The molecule has 0 saturated heterocycles. The van der Waals surface area contributed by atoms with Gasteiger partial charge in [0.1, 0.15) is 5.75 Å².